The van der Waals surface area contributed by atoms with E-state index in [1.165, 1.54) is 27.7 Å². The minimum atomic E-state index is -7.69. The summed E-state index contributed by atoms with van der Waals surface area (Å²) in [6.07, 6.45) is 1.53. The second-order valence-electron chi connectivity index (χ2n) is 12.4. The summed E-state index contributed by atoms with van der Waals surface area (Å²) in [5.41, 5.74) is 7.30. The molecular weight excluding hydrogens is 616 g/mol. The number of benzene rings is 2. The predicted octanol–water partition coefficient (Wildman–Crippen LogP) is 10.3. The van der Waals surface area contributed by atoms with E-state index in [1.54, 1.807) is 0 Å². The van der Waals surface area contributed by atoms with Gasteiger partial charge in [0.15, 0.2) is 0 Å². The molecule has 2 aliphatic rings. The Morgan fingerprint density at radius 1 is 0.500 bits per heavy atom. The summed E-state index contributed by atoms with van der Waals surface area (Å²) < 4.78 is 181. The Hall–Kier alpha value is -2.80. The van der Waals surface area contributed by atoms with Crippen molar-refractivity contribution in [1.82, 2.24) is 0 Å². The molecule has 0 aliphatic heterocycles. The topological polar surface area (TPSA) is 52.0 Å². The van der Waals surface area contributed by atoms with E-state index in [-0.39, 0.29) is 33.6 Å². The zero-order valence-electron chi connectivity index (χ0n) is 24.1. The fourth-order valence-electron chi connectivity index (χ4n) is 5.33. The van der Waals surface area contributed by atoms with Gasteiger partial charge in [0.05, 0.1) is 0 Å². The number of halogens is 12. The lowest BCUT2D eigenvalue weighted by Crippen LogP contribution is -2.69. The van der Waals surface area contributed by atoms with Crippen LogP contribution in [0.5, 0.6) is 0 Å². The van der Waals surface area contributed by atoms with Crippen molar-refractivity contribution in [3.63, 3.8) is 0 Å². The van der Waals surface area contributed by atoms with Crippen LogP contribution in [0, 0.1) is 0 Å². The van der Waals surface area contributed by atoms with Crippen molar-refractivity contribution in [2.24, 2.45) is 0 Å². The Morgan fingerprint density at radius 3 is 1.00 bits per heavy atom. The van der Waals surface area contributed by atoms with E-state index in [0.29, 0.717) is 49.9 Å². The van der Waals surface area contributed by atoms with Crippen molar-refractivity contribution >= 4 is 11.4 Å². The van der Waals surface area contributed by atoms with Crippen LogP contribution in [0.15, 0.2) is 24.3 Å². The van der Waals surface area contributed by atoms with Gasteiger partial charge in [0.1, 0.15) is 0 Å². The summed E-state index contributed by atoms with van der Waals surface area (Å²) in [7, 11) is 0. The maximum Gasteiger partial charge on any atom is 0.385 e. The van der Waals surface area contributed by atoms with Gasteiger partial charge in [0.2, 0.25) is 0 Å². The van der Waals surface area contributed by atoms with Gasteiger partial charge in [-0.15, -0.1) is 0 Å². The van der Waals surface area contributed by atoms with Crippen LogP contribution < -0.4 is 11.5 Å². The Kier molecular flexibility index (Phi) is 8.03. The van der Waals surface area contributed by atoms with Gasteiger partial charge < -0.3 is 11.5 Å². The summed E-state index contributed by atoms with van der Waals surface area (Å²) in [6.45, 7) is 5.63. The predicted molar refractivity (Wildman–Crippen MR) is 141 cm³/mol. The molecule has 4 rings (SSSR count). The molecule has 0 unspecified atom stereocenters. The summed E-state index contributed by atoms with van der Waals surface area (Å²) in [5, 5.41) is 0. The molecular formula is C30H32F12N2. The van der Waals surface area contributed by atoms with E-state index in [0.717, 1.165) is 0 Å². The van der Waals surface area contributed by atoms with Crippen molar-refractivity contribution in [2.45, 2.75) is 113 Å². The van der Waals surface area contributed by atoms with E-state index in [4.69, 9.17) is 11.5 Å². The molecule has 0 amide bonds. The molecule has 0 heterocycles. The SMILES string of the molecule is CC(C)c1cc(C(F)(F)C(F)(F)C(F)(F)C(F)(F)C(F)(F)C(F)(F)c2cc(C(C)C)c(N)c(C3CC3)c2)cc(C2CC2)c1N. The van der Waals surface area contributed by atoms with Crippen molar-refractivity contribution in [2.75, 3.05) is 11.5 Å². The Labute approximate surface area is 246 Å². The number of anilines is 2. The zero-order valence-corrected chi connectivity index (χ0v) is 24.1. The highest BCUT2D eigenvalue weighted by Gasteiger charge is 2.90. The molecule has 2 aromatic carbocycles. The monoisotopic (exact) mass is 648 g/mol. The molecule has 2 fully saturated rings. The van der Waals surface area contributed by atoms with E-state index < -0.39 is 70.3 Å². The van der Waals surface area contributed by atoms with E-state index in [2.05, 4.69) is 0 Å². The molecule has 44 heavy (non-hydrogen) atoms. The molecule has 0 radical (unpaired) electrons. The number of nitrogens with two attached hydrogens (primary N) is 2. The average Bonchev–Trinajstić information content (AvgIpc) is 3.81. The molecule has 0 atom stereocenters. The van der Waals surface area contributed by atoms with E-state index >= 15 is 35.1 Å². The average molecular weight is 649 g/mol. The van der Waals surface area contributed by atoms with Gasteiger partial charge in [-0.05, 0) is 95.9 Å². The quantitative estimate of drug-likeness (QED) is 0.188. The molecule has 4 N–H and O–H groups in total. The number of nitrogen functional groups attached to an aromatic ring is 2. The van der Waals surface area contributed by atoms with Crippen LogP contribution in [0.1, 0.15) is 110 Å². The smallest absolute Gasteiger partial charge is 0.385 e. The van der Waals surface area contributed by atoms with Gasteiger partial charge in [0.25, 0.3) is 0 Å². The van der Waals surface area contributed by atoms with Gasteiger partial charge in [-0.2, -0.15) is 52.7 Å². The standard InChI is InChI=1S/C30H32F12N2/c1-13(2)19-9-17(11-21(23(19)43)15-5-6-15)25(31,32)27(35,36)29(39,40)30(41,42)28(37,38)26(33,34)18-10-20(14(3)4)24(44)22(12-18)16-7-8-16/h9-16H,5-8,43-44H2,1-4H3. The molecule has 0 bridgehead atoms. The van der Waals surface area contributed by atoms with Crippen LogP contribution >= 0.6 is 0 Å². The summed E-state index contributed by atoms with van der Waals surface area (Å²) in [4.78, 5) is 0. The Bertz CT molecular complexity index is 1270. The lowest BCUT2D eigenvalue weighted by molar-refractivity contribution is -0.429. The lowest BCUT2D eigenvalue weighted by atomic mass is 9.84. The Morgan fingerprint density at radius 2 is 0.773 bits per heavy atom. The van der Waals surface area contributed by atoms with Gasteiger partial charge in [-0.1, -0.05) is 27.7 Å². The lowest BCUT2D eigenvalue weighted by Gasteiger charge is -2.41. The first-order valence-corrected chi connectivity index (χ1v) is 14.0. The maximum absolute atomic E-state index is 15.3. The summed E-state index contributed by atoms with van der Waals surface area (Å²) in [5.74, 6) is -44.8. The molecule has 0 spiro atoms. The minimum Gasteiger partial charge on any atom is -0.398 e. The number of hydrogen-bond acceptors (Lipinski definition) is 2. The molecule has 0 aromatic heterocycles. The van der Waals surface area contributed by atoms with Crippen LogP contribution in [0.3, 0.4) is 0 Å². The maximum atomic E-state index is 15.3. The number of alkyl halides is 12. The van der Waals surface area contributed by atoms with Crippen LogP contribution in [0.2, 0.25) is 0 Å². The van der Waals surface area contributed by atoms with Crippen LogP contribution in [-0.4, -0.2) is 23.7 Å². The summed E-state index contributed by atoms with van der Waals surface area (Å²) in [6, 6.07) is 1.30. The highest BCUT2D eigenvalue weighted by molar-refractivity contribution is 5.61. The van der Waals surface area contributed by atoms with Crippen molar-refractivity contribution in [3.05, 3.63) is 57.6 Å². The minimum absolute atomic E-state index is 0.0940. The molecule has 0 saturated heterocycles. The third-order valence-corrected chi connectivity index (χ3v) is 8.46. The largest absolute Gasteiger partial charge is 0.398 e. The Balaban J connectivity index is 1.82. The van der Waals surface area contributed by atoms with Crippen LogP contribution in [-0.2, 0) is 11.8 Å². The van der Waals surface area contributed by atoms with Gasteiger partial charge >= 0.3 is 35.5 Å². The fourth-order valence-corrected chi connectivity index (χ4v) is 5.33. The molecule has 246 valence electrons. The van der Waals surface area contributed by atoms with Crippen molar-refractivity contribution in [3.8, 4) is 0 Å². The second-order valence-corrected chi connectivity index (χ2v) is 12.4. The molecule has 2 aliphatic carbocycles. The molecule has 2 nitrogen and oxygen atoms in total. The van der Waals surface area contributed by atoms with Crippen molar-refractivity contribution in [1.29, 1.82) is 0 Å². The first-order valence-electron chi connectivity index (χ1n) is 14.0. The van der Waals surface area contributed by atoms with Crippen LogP contribution in [0.4, 0.5) is 64.1 Å². The first-order chi connectivity index (χ1) is 19.9. The van der Waals surface area contributed by atoms with Crippen LogP contribution in [0.25, 0.3) is 0 Å². The molecule has 2 aromatic rings. The second kappa shape index (κ2) is 10.4. The van der Waals surface area contributed by atoms with Gasteiger partial charge in [-0.25, -0.2) is 0 Å². The number of hydrogen-bond donors (Lipinski definition) is 2. The van der Waals surface area contributed by atoms with E-state index in [1.807, 2.05) is 0 Å². The van der Waals surface area contributed by atoms with Crippen molar-refractivity contribution < 1.29 is 52.7 Å². The normalized spacial score (nSPS) is 17.6. The van der Waals surface area contributed by atoms with Gasteiger partial charge in [-0.3, -0.25) is 0 Å². The highest BCUT2D eigenvalue weighted by atomic mass is 19.4. The third kappa shape index (κ3) is 4.89. The molecule has 14 heteroatoms. The fraction of sp³-hybridized carbons (Fsp3) is 0.600. The third-order valence-electron chi connectivity index (χ3n) is 8.46. The zero-order chi connectivity index (χ0) is 33.6. The highest BCUT2D eigenvalue weighted by Crippen LogP contribution is 2.64. The summed E-state index contributed by atoms with van der Waals surface area (Å²) >= 11 is 0. The van der Waals surface area contributed by atoms with E-state index in [9.17, 15) is 17.6 Å². The first kappa shape index (κ1) is 34.1. The van der Waals surface area contributed by atoms with Gasteiger partial charge in [0, 0.05) is 22.5 Å². The number of rotatable bonds is 11. The molecule has 2 saturated carbocycles.